The van der Waals surface area contributed by atoms with E-state index in [1.165, 1.54) is 6.07 Å². The zero-order valence-electron chi connectivity index (χ0n) is 32.4. The van der Waals surface area contributed by atoms with Gasteiger partial charge < -0.3 is 34.9 Å². The van der Waals surface area contributed by atoms with Crippen molar-refractivity contribution < 1.29 is 47.3 Å². The van der Waals surface area contributed by atoms with Crippen molar-refractivity contribution in [2.24, 2.45) is 0 Å². The van der Waals surface area contributed by atoms with Gasteiger partial charge in [0.25, 0.3) is 0 Å². The molecule has 0 aliphatic heterocycles. The predicted octanol–water partition coefficient (Wildman–Crippen LogP) is 6.47. The van der Waals surface area contributed by atoms with Gasteiger partial charge in [0, 0.05) is 38.1 Å². The van der Waals surface area contributed by atoms with Crippen LogP contribution < -0.4 is 10.6 Å². The van der Waals surface area contributed by atoms with Gasteiger partial charge in [-0.15, -0.1) is 0 Å². The first kappa shape index (κ1) is 41.8. The molecule has 4 aromatic carbocycles. The summed E-state index contributed by atoms with van der Waals surface area (Å²) in [5.74, 6) is -3.90. The van der Waals surface area contributed by atoms with Crippen LogP contribution in [0.3, 0.4) is 0 Å². The summed E-state index contributed by atoms with van der Waals surface area (Å²) in [6.45, 7) is 3.49. The summed E-state index contributed by atoms with van der Waals surface area (Å²) >= 11 is 0. The first-order valence-corrected chi connectivity index (χ1v) is 19.5. The molecule has 6 rings (SSSR count). The van der Waals surface area contributed by atoms with Crippen LogP contribution in [0.4, 0.5) is 18.4 Å². The zero-order valence-corrected chi connectivity index (χ0v) is 32.4. The van der Waals surface area contributed by atoms with Crippen molar-refractivity contribution in [2.45, 2.75) is 70.0 Å². The van der Waals surface area contributed by atoms with Crippen LogP contribution in [0, 0.1) is 11.6 Å². The smallest absolute Gasteiger partial charge is 0.408 e. The Morgan fingerprint density at radius 2 is 1.43 bits per heavy atom. The third-order valence-corrected chi connectivity index (χ3v) is 10.3. The summed E-state index contributed by atoms with van der Waals surface area (Å²) in [5, 5.41) is 15.8. The maximum absolute atomic E-state index is 14.4. The van der Waals surface area contributed by atoms with Crippen LogP contribution in [-0.2, 0) is 36.8 Å². The number of alkyl carbamates (subject to hydrolysis) is 1. The van der Waals surface area contributed by atoms with Crippen molar-refractivity contribution in [1.82, 2.24) is 20.4 Å². The molecule has 2 unspecified atom stereocenters. The first-order valence-electron chi connectivity index (χ1n) is 19.5. The number of rotatable bonds is 19. The Bertz CT molecular complexity index is 2010. The molecule has 0 bridgehead atoms. The lowest BCUT2D eigenvalue weighted by Gasteiger charge is -2.33. The molecule has 58 heavy (non-hydrogen) atoms. The van der Waals surface area contributed by atoms with Crippen molar-refractivity contribution in [2.75, 3.05) is 32.9 Å². The molecule has 1 saturated carbocycles. The third kappa shape index (κ3) is 10.4. The second-order valence-corrected chi connectivity index (χ2v) is 14.2. The van der Waals surface area contributed by atoms with E-state index < -0.39 is 60.6 Å². The van der Waals surface area contributed by atoms with Crippen LogP contribution in [0.1, 0.15) is 54.9 Å². The number of carbonyl (C=O) groups is 4. The van der Waals surface area contributed by atoms with Crippen molar-refractivity contribution >= 4 is 24.0 Å². The second kappa shape index (κ2) is 19.5. The summed E-state index contributed by atoms with van der Waals surface area (Å²) in [5.41, 5.74) is 4.86. The number of fused-ring (bicyclic) bond motifs is 3. The fraction of sp³-hybridized carbons (Fsp3) is 0.364. The Hall–Kier alpha value is -5.86. The molecule has 2 aliphatic carbocycles. The second-order valence-electron chi connectivity index (χ2n) is 14.2. The van der Waals surface area contributed by atoms with Gasteiger partial charge in [0.1, 0.15) is 18.7 Å². The average Bonchev–Trinajstić information content (AvgIpc) is 4.02. The minimum absolute atomic E-state index is 0.0182. The van der Waals surface area contributed by atoms with E-state index in [-0.39, 0.29) is 43.6 Å². The number of hydrogen-bond acceptors (Lipinski definition) is 7. The van der Waals surface area contributed by atoms with Gasteiger partial charge in [0.2, 0.25) is 11.8 Å². The number of carbonyl (C=O) groups excluding carboxylic acids is 3. The SMILES string of the molecule is CCOC(CN(C(=O)C(Cc1ccc(F)c(F)c1)NC(=O)C(CNC(=O)OCC1c2ccccc2-c2ccccc21)N(Cc1ccccc1)C(=O)O)C1CC1)OCC. The molecule has 0 saturated heterocycles. The van der Waals surface area contributed by atoms with Crippen molar-refractivity contribution in [3.05, 3.63) is 131 Å². The number of amides is 4. The van der Waals surface area contributed by atoms with Crippen molar-refractivity contribution in [3.63, 3.8) is 0 Å². The van der Waals surface area contributed by atoms with E-state index in [0.29, 0.717) is 31.6 Å². The largest absolute Gasteiger partial charge is 0.465 e. The van der Waals surface area contributed by atoms with E-state index in [1.807, 2.05) is 48.5 Å². The van der Waals surface area contributed by atoms with E-state index in [9.17, 15) is 33.1 Å². The van der Waals surface area contributed by atoms with E-state index in [1.54, 1.807) is 49.1 Å². The standard InChI is InChI=1S/C44H48F2N4O8/c1-3-56-40(57-4-2)26-49(30-19-20-30)42(52)38(23-29-18-21-36(45)37(46)22-29)48-41(51)39(50(44(54)55)25-28-12-6-5-7-13-28)24-47-43(53)58-27-35-33-16-10-8-14-31(33)32-15-9-11-17-34(32)35/h5-18,21-22,30,35,38-40H,3-4,19-20,23-27H2,1-2H3,(H,47,53)(H,48,51)(H,54,55). The highest BCUT2D eigenvalue weighted by molar-refractivity contribution is 5.92. The van der Waals surface area contributed by atoms with Crippen LogP contribution >= 0.6 is 0 Å². The van der Waals surface area contributed by atoms with Gasteiger partial charge in [-0.3, -0.25) is 14.5 Å². The summed E-state index contributed by atoms with van der Waals surface area (Å²) in [6.07, 6.45) is -1.97. The zero-order chi connectivity index (χ0) is 41.2. The predicted molar refractivity (Wildman–Crippen MR) is 211 cm³/mol. The van der Waals surface area contributed by atoms with Crippen LogP contribution in [0.5, 0.6) is 0 Å². The molecule has 0 aromatic heterocycles. The quantitative estimate of drug-likeness (QED) is 0.0916. The van der Waals surface area contributed by atoms with Crippen molar-refractivity contribution in [3.8, 4) is 11.1 Å². The Balaban J connectivity index is 1.24. The lowest BCUT2D eigenvalue weighted by Crippen LogP contribution is -2.59. The van der Waals surface area contributed by atoms with Gasteiger partial charge in [-0.1, -0.05) is 84.9 Å². The summed E-state index contributed by atoms with van der Waals surface area (Å²) in [4.78, 5) is 57.5. The molecule has 2 aliphatic rings. The van der Waals surface area contributed by atoms with E-state index in [4.69, 9.17) is 14.2 Å². The summed E-state index contributed by atoms with van der Waals surface area (Å²) in [6, 6.07) is 24.4. The molecule has 0 heterocycles. The minimum Gasteiger partial charge on any atom is -0.465 e. The molecular weight excluding hydrogens is 750 g/mol. The van der Waals surface area contributed by atoms with Gasteiger partial charge in [-0.25, -0.2) is 18.4 Å². The molecule has 2 atom stereocenters. The summed E-state index contributed by atoms with van der Waals surface area (Å²) < 4.78 is 45.5. The Kier molecular flexibility index (Phi) is 14.1. The normalized spacial score (nSPS) is 14.2. The topological polar surface area (TPSA) is 147 Å². The fourth-order valence-corrected chi connectivity index (χ4v) is 7.33. The fourth-order valence-electron chi connectivity index (χ4n) is 7.33. The van der Waals surface area contributed by atoms with Gasteiger partial charge in [0.15, 0.2) is 17.9 Å². The maximum atomic E-state index is 14.4. The third-order valence-electron chi connectivity index (χ3n) is 10.3. The van der Waals surface area contributed by atoms with Gasteiger partial charge >= 0.3 is 12.2 Å². The molecule has 3 N–H and O–H groups in total. The van der Waals surface area contributed by atoms with Crippen LogP contribution in [0.25, 0.3) is 11.1 Å². The number of ether oxygens (including phenoxy) is 3. The molecular formula is C44H48F2N4O8. The van der Waals surface area contributed by atoms with Gasteiger partial charge in [0.05, 0.1) is 13.1 Å². The number of carboxylic acid groups (broad SMARTS) is 1. The molecule has 0 radical (unpaired) electrons. The number of benzene rings is 4. The van der Waals surface area contributed by atoms with Crippen LogP contribution in [-0.4, -0.2) is 96.2 Å². The Morgan fingerprint density at radius 3 is 2.02 bits per heavy atom. The molecule has 4 aromatic rings. The van der Waals surface area contributed by atoms with Gasteiger partial charge in [-0.05, 0) is 72.2 Å². The van der Waals surface area contributed by atoms with Gasteiger partial charge in [-0.2, -0.15) is 0 Å². The maximum Gasteiger partial charge on any atom is 0.408 e. The lowest BCUT2D eigenvalue weighted by molar-refractivity contribution is -0.161. The molecule has 306 valence electrons. The molecule has 14 heteroatoms. The number of hydrogen-bond donors (Lipinski definition) is 3. The summed E-state index contributed by atoms with van der Waals surface area (Å²) in [7, 11) is 0. The number of halogens is 2. The molecule has 0 spiro atoms. The highest BCUT2D eigenvalue weighted by Gasteiger charge is 2.40. The monoisotopic (exact) mass is 798 g/mol. The number of nitrogens with one attached hydrogen (secondary N) is 2. The first-order chi connectivity index (χ1) is 28.1. The minimum atomic E-state index is -1.56. The molecule has 4 amide bonds. The van der Waals surface area contributed by atoms with E-state index in [0.717, 1.165) is 39.3 Å². The molecule has 1 fully saturated rings. The Morgan fingerprint density at radius 1 is 0.810 bits per heavy atom. The number of nitrogens with zero attached hydrogens (tertiary/aromatic N) is 2. The highest BCUT2D eigenvalue weighted by Crippen LogP contribution is 2.44. The van der Waals surface area contributed by atoms with Crippen LogP contribution in [0.15, 0.2) is 97.1 Å². The lowest BCUT2D eigenvalue weighted by atomic mass is 9.98. The Labute approximate surface area is 336 Å². The van der Waals surface area contributed by atoms with Crippen molar-refractivity contribution in [1.29, 1.82) is 0 Å². The van der Waals surface area contributed by atoms with Crippen LogP contribution in [0.2, 0.25) is 0 Å². The van der Waals surface area contributed by atoms with E-state index >= 15 is 0 Å². The van der Waals surface area contributed by atoms with E-state index in [2.05, 4.69) is 10.6 Å². The molecule has 12 nitrogen and oxygen atoms in total. The highest BCUT2D eigenvalue weighted by atomic mass is 19.2. The average molecular weight is 799 g/mol.